The van der Waals surface area contributed by atoms with Crippen LogP contribution in [0.25, 0.3) is 10.9 Å². The lowest BCUT2D eigenvalue weighted by molar-refractivity contribution is 0.250. The lowest BCUT2D eigenvalue weighted by Gasteiger charge is -2.08. The van der Waals surface area contributed by atoms with Crippen molar-refractivity contribution in [3.63, 3.8) is 0 Å². The third kappa shape index (κ3) is 1.22. The number of hydrogen-bond acceptors (Lipinski definition) is 1. The monoisotopic (exact) mass is 199 g/mol. The minimum Gasteiger partial charge on any atom is -0.361 e. The predicted octanol–water partition coefficient (Wildman–Crippen LogP) is 2.00. The number of rotatable bonds is 1. The number of aliphatic imine (C=N–C) groups is 1. The summed E-state index contributed by atoms with van der Waals surface area (Å²) < 4.78 is 0. The Morgan fingerprint density at radius 2 is 2.20 bits per heavy atom. The van der Waals surface area contributed by atoms with E-state index in [1.807, 2.05) is 30.5 Å². The molecular formula is C11H9N3O. The lowest BCUT2D eigenvalue weighted by atomic mass is 10.0. The average molecular weight is 199 g/mol. The number of nitrogens with zero attached hydrogens (tertiary/aromatic N) is 1. The van der Waals surface area contributed by atoms with Crippen molar-refractivity contribution in [3.8, 4) is 0 Å². The number of aromatic nitrogens is 1. The second-order valence-electron chi connectivity index (χ2n) is 3.49. The number of fused-ring (bicyclic) bond motifs is 1. The number of urea groups is 1. The minimum absolute atomic E-state index is 0.100. The molecule has 2 aromatic rings. The number of H-pyrrole nitrogens is 1. The maximum absolute atomic E-state index is 11.0. The van der Waals surface area contributed by atoms with Gasteiger partial charge in [0, 0.05) is 23.3 Å². The van der Waals surface area contributed by atoms with E-state index in [0.29, 0.717) is 0 Å². The lowest BCUT2D eigenvalue weighted by Crippen LogP contribution is -2.19. The second-order valence-corrected chi connectivity index (χ2v) is 3.49. The van der Waals surface area contributed by atoms with Gasteiger partial charge in [-0.25, -0.2) is 9.79 Å². The fraction of sp³-hybridized carbons (Fsp3) is 0.0909. The Labute approximate surface area is 86.0 Å². The highest BCUT2D eigenvalue weighted by Crippen LogP contribution is 2.24. The van der Waals surface area contributed by atoms with Crippen molar-refractivity contribution < 1.29 is 4.79 Å². The van der Waals surface area contributed by atoms with Crippen molar-refractivity contribution in [2.75, 3.05) is 0 Å². The van der Waals surface area contributed by atoms with Gasteiger partial charge in [-0.15, -0.1) is 0 Å². The SMILES string of the molecule is O=C1N=CC(c2cccc3[nH]ccc23)N1. The smallest absolute Gasteiger partial charge is 0.341 e. The molecule has 1 aliphatic heterocycles. The molecule has 1 aromatic heterocycles. The van der Waals surface area contributed by atoms with E-state index in [9.17, 15) is 4.79 Å². The molecule has 4 nitrogen and oxygen atoms in total. The van der Waals surface area contributed by atoms with E-state index >= 15 is 0 Å². The Hall–Kier alpha value is -2.10. The molecular weight excluding hydrogens is 190 g/mol. The van der Waals surface area contributed by atoms with Crippen LogP contribution in [0.3, 0.4) is 0 Å². The molecule has 0 radical (unpaired) electrons. The maximum atomic E-state index is 11.0. The van der Waals surface area contributed by atoms with Crippen LogP contribution in [0.1, 0.15) is 11.6 Å². The summed E-state index contributed by atoms with van der Waals surface area (Å²) in [5.41, 5.74) is 2.14. The van der Waals surface area contributed by atoms with Crippen molar-refractivity contribution in [2.24, 2.45) is 4.99 Å². The van der Waals surface area contributed by atoms with Gasteiger partial charge in [-0.2, -0.15) is 0 Å². The Morgan fingerprint density at radius 3 is 3.00 bits per heavy atom. The molecule has 0 aliphatic carbocycles. The predicted molar refractivity (Wildman–Crippen MR) is 58.1 cm³/mol. The molecule has 2 N–H and O–H groups in total. The van der Waals surface area contributed by atoms with Gasteiger partial charge in [0.2, 0.25) is 0 Å². The fourth-order valence-electron chi connectivity index (χ4n) is 1.89. The van der Waals surface area contributed by atoms with Crippen LogP contribution in [-0.2, 0) is 0 Å². The molecule has 1 aliphatic rings. The van der Waals surface area contributed by atoms with Gasteiger partial charge in [-0.05, 0) is 17.7 Å². The molecule has 0 saturated carbocycles. The van der Waals surface area contributed by atoms with Crippen LogP contribution in [-0.4, -0.2) is 17.2 Å². The Bertz CT molecular complexity index is 556. The molecule has 0 spiro atoms. The van der Waals surface area contributed by atoms with E-state index in [1.54, 1.807) is 6.21 Å². The molecule has 0 fully saturated rings. The van der Waals surface area contributed by atoms with Gasteiger partial charge in [0.05, 0.1) is 6.04 Å². The molecule has 1 atom stereocenters. The highest BCUT2D eigenvalue weighted by Gasteiger charge is 2.19. The van der Waals surface area contributed by atoms with E-state index in [-0.39, 0.29) is 12.1 Å². The van der Waals surface area contributed by atoms with Crippen LogP contribution < -0.4 is 5.32 Å². The van der Waals surface area contributed by atoms with Gasteiger partial charge < -0.3 is 10.3 Å². The number of benzene rings is 1. The van der Waals surface area contributed by atoms with Crippen LogP contribution in [0.5, 0.6) is 0 Å². The molecule has 74 valence electrons. The maximum Gasteiger partial charge on any atom is 0.341 e. The van der Waals surface area contributed by atoms with Crippen molar-refractivity contribution in [3.05, 3.63) is 36.0 Å². The normalized spacial score (nSPS) is 19.7. The van der Waals surface area contributed by atoms with Crippen LogP contribution >= 0.6 is 0 Å². The van der Waals surface area contributed by atoms with E-state index in [0.717, 1.165) is 16.5 Å². The number of nitrogens with one attached hydrogen (secondary N) is 2. The molecule has 2 heterocycles. The third-order valence-corrected chi connectivity index (χ3v) is 2.58. The number of amides is 2. The van der Waals surface area contributed by atoms with E-state index < -0.39 is 0 Å². The molecule has 4 heteroatoms. The minimum atomic E-state index is -0.271. The summed E-state index contributed by atoms with van der Waals surface area (Å²) in [4.78, 5) is 17.8. The summed E-state index contributed by atoms with van der Waals surface area (Å²) in [5.74, 6) is 0. The van der Waals surface area contributed by atoms with Gasteiger partial charge in [0.25, 0.3) is 0 Å². The van der Waals surface area contributed by atoms with Crippen LogP contribution in [0.4, 0.5) is 4.79 Å². The molecule has 0 bridgehead atoms. The first-order valence-corrected chi connectivity index (χ1v) is 4.75. The number of hydrogen-bond donors (Lipinski definition) is 2. The first-order valence-electron chi connectivity index (χ1n) is 4.75. The zero-order valence-electron chi connectivity index (χ0n) is 7.90. The molecule has 1 aromatic carbocycles. The second kappa shape index (κ2) is 2.95. The molecule has 1 unspecified atom stereocenters. The molecule has 2 amide bonds. The third-order valence-electron chi connectivity index (χ3n) is 2.58. The summed E-state index contributed by atoms with van der Waals surface area (Å²) in [6.45, 7) is 0. The first-order chi connectivity index (χ1) is 7.34. The van der Waals surface area contributed by atoms with Crippen molar-refractivity contribution in [1.29, 1.82) is 0 Å². The largest absolute Gasteiger partial charge is 0.361 e. The Balaban J connectivity index is 2.14. The highest BCUT2D eigenvalue weighted by atomic mass is 16.2. The van der Waals surface area contributed by atoms with Crippen LogP contribution in [0, 0.1) is 0 Å². The summed E-state index contributed by atoms with van der Waals surface area (Å²) >= 11 is 0. The van der Waals surface area contributed by atoms with Gasteiger partial charge in [-0.3, -0.25) is 0 Å². The molecule has 3 rings (SSSR count). The number of carbonyl (C=O) groups excluding carboxylic acids is 1. The molecule has 15 heavy (non-hydrogen) atoms. The molecule has 0 saturated heterocycles. The highest BCUT2D eigenvalue weighted by molar-refractivity contribution is 5.96. The van der Waals surface area contributed by atoms with E-state index in [1.165, 1.54) is 0 Å². The summed E-state index contributed by atoms with van der Waals surface area (Å²) in [6.07, 6.45) is 3.53. The summed E-state index contributed by atoms with van der Waals surface area (Å²) in [6, 6.07) is 7.60. The van der Waals surface area contributed by atoms with Gasteiger partial charge in [-0.1, -0.05) is 12.1 Å². The Kier molecular flexibility index (Phi) is 1.62. The van der Waals surface area contributed by atoms with Crippen LogP contribution in [0.2, 0.25) is 0 Å². The first kappa shape index (κ1) is 8.23. The van der Waals surface area contributed by atoms with Crippen LogP contribution in [0.15, 0.2) is 35.5 Å². The zero-order chi connectivity index (χ0) is 10.3. The number of carbonyl (C=O) groups is 1. The zero-order valence-corrected chi connectivity index (χ0v) is 7.90. The Morgan fingerprint density at radius 1 is 1.27 bits per heavy atom. The average Bonchev–Trinajstić information content (AvgIpc) is 2.84. The quantitative estimate of drug-likeness (QED) is 0.725. The fourth-order valence-corrected chi connectivity index (χ4v) is 1.89. The summed E-state index contributed by atoms with van der Waals surface area (Å²) in [5, 5.41) is 3.90. The topological polar surface area (TPSA) is 57.2 Å². The summed E-state index contributed by atoms with van der Waals surface area (Å²) in [7, 11) is 0. The van der Waals surface area contributed by atoms with Crippen molar-refractivity contribution in [1.82, 2.24) is 10.3 Å². The van der Waals surface area contributed by atoms with Gasteiger partial charge in [0.1, 0.15) is 0 Å². The van der Waals surface area contributed by atoms with Crippen molar-refractivity contribution >= 4 is 23.1 Å². The number of aromatic amines is 1. The standard InChI is InChI=1S/C11H9N3O/c15-11-13-6-10(14-11)7-2-1-3-9-8(7)4-5-12-9/h1-6,10,12H,(H,14,15). The van der Waals surface area contributed by atoms with E-state index in [2.05, 4.69) is 15.3 Å². The van der Waals surface area contributed by atoms with Gasteiger partial charge >= 0.3 is 6.03 Å². The van der Waals surface area contributed by atoms with Crippen molar-refractivity contribution in [2.45, 2.75) is 6.04 Å². The van der Waals surface area contributed by atoms with E-state index in [4.69, 9.17) is 0 Å². The van der Waals surface area contributed by atoms with Gasteiger partial charge in [0.15, 0.2) is 0 Å².